The first-order chi connectivity index (χ1) is 24.9. The summed E-state index contributed by atoms with van der Waals surface area (Å²) in [4.78, 5) is 39.7. The second kappa shape index (κ2) is 26.1. The minimum Gasteiger partial charge on any atom is -0.458 e. The van der Waals surface area contributed by atoms with Crippen LogP contribution in [0.5, 0.6) is 0 Å². The summed E-state index contributed by atoms with van der Waals surface area (Å²) in [6.45, 7) is 4.49. The van der Waals surface area contributed by atoms with Gasteiger partial charge in [0.05, 0.1) is 6.10 Å². The molecule has 0 N–H and O–H groups in total. The van der Waals surface area contributed by atoms with Crippen molar-refractivity contribution >= 4 is 56.8 Å². The maximum atomic E-state index is 12.9. The Labute approximate surface area is 325 Å². The van der Waals surface area contributed by atoms with Crippen molar-refractivity contribution in [2.45, 2.75) is 148 Å². The molecule has 1 saturated carbocycles. The molecule has 10 heteroatoms. The summed E-state index contributed by atoms with van der Waals surface area (Å²) in [6.07, 6.45) is 23.5. The summed E-state index contributed by atoms with van der Waals surface area (Å²) in [7, 11) is -0.176. The monoisotopic (exact) mass is 833 g/mol. The molecule has 7 nitrogen and oxygen atoms in total. The normalized spacial score (nSPS) is 20.7. The highest BCUT2D eigenvalue weighted by atomic mass is 79.9. The van der Waals surface area contributed by atoms with Crippen LogP contribution in [0.15, 0.2) is 54.6 Å². The topological polar surface area (TPSA) is 82.1 Å². The van der Waals surface area contributed by atoms with Crippen LogP contribution in [0, 0.1) is 11.8 Å². The number of carbonyl (C=O) groups is 3. The molecule has 2 amide bonds. The summed E-state index contributed by atoms with van der Waals surface area (Å²) in [5.41, 5.74) is 1.23. The van der Waals surface area contributed by atoms with Crippen LogP contribution in [0.2, 0.25) is 6.32 Å². The molecule has 0 aromatic heterocycles. The number of hydrogen-bond donors (Lipinski definition) is 0. The number of hydrogen-bond acceptors (Lipinski definition) is 6. The standard InChI is InChI=1S/C41H62BBr2NO6/c1-3-5-29-42-50-37-32-38(51-42)36(28-27-34(26-25-33-19-11-8-12-20-33)49-41(48)24-16-10-18-31-44)35(37)21-13-6-7-14-22-39(46)45(4-2)40(47)23-15-9-17-30-43/h6,8,11-13,19-20,27-28,34-38H,3-5,7,9-10,14-18,21-26,29-32H2,1-2H3/t34?,35-,36-,37?,38?/m1/s1. The third-order valence-electron chi connectivity index (χ3n) is 10.00. The van der Waals surface area contributed by atoms with Gasteiger partial charge in [0, 0.05) is 48.5 Å². The number of imide groups is 1. The molecule has 1 aromatic rings. The molecule has 0 radical (unpaired) electrons. The Morgan fingerprint density at radius 1 is 0.882 bits per heavy atom. The fourth-order valence-electron chi connectivity index (χ4n) is 7.11. The molecule has 5 atom stereocenters. The van der Waals surface area contributed by atoms with E-state index < -0.39 is 0 Å². The van der Waals surface area contributed by atoms with Crippen LogP contribution in [0.3, 0.4) is 0 Å². The van der Waals surface area contributed by atoms with Crippen molar-refractivity contribution in [3.05, 3.63) is 60.2 Å². The third-order valence-corrected chi connectivity index (χ3v) is 11.1. The number of nitrogens with zero attached hydrogens (tertiary/aromatic N) is 1. The van der Waals surface area contributed by atoms with Gasteiger partial charge in [0.1, 0.15) is 6.10 Å². The Kier molecular flexibility index (Phi) is 22.3. The van der Waals surface area contributed by atoms with E-state index in [-0.39, 0.29) is 55.0 Å². The minimum atomic E-state index is -0.302. The minimum absolute atomic E-state index is 0.0547. The number of ether oxygens (including phenoxy) is 1. The van der Waals surface area contributed by atoms with Crippen LogP contribution in [0.1, 0.15) is 122 Å². The maximum Gasteiger partial charge on any atom is 0.457 e. The molecule has 2 aliphatic rings. The van der Waals surface area contributed by atoms with E-state index in [0.29, 0.717) is 32.2 Å². The van der Waals surface area contributed by atoms with E-state index >= 15 is 0 Å². The first-order valence-corrected chi connectivity index (χ1v) is 22.0. The number of halogens is 2. The van der Waals surface area contributed by atoms with E-state index in [0.717, 1.165) is 100 Å². The quantitative estimate of drug-likeness (QED) is 0.0304. The molecule has 1 aliphatic heterocycles. The Balaban J connectivity index is 1.62. The highest BCUT2D eigenvalue weighted by Crippen LogP contribution is 2.44. The van der Waals surface area contributed by atoms with Gasteiger partial charge in [-0.25, -0.2) is 0 Å². The molecular weight excluding hydrogens is 773 g/mol. The molecule has 2 bridgehead atoms. The fourth-order valence-corrected chi connectivity index (χ4v) is 7.90. The number of alkyl halides is 2. The molecule has 1 heterocycles. The summed E-state index contributed by atoms with van der Waals surface area (Å²) in [5, 5.41) is 1.89. The van der Waals surface area contributed by atoms with E-state index in [4.69, 9.17) is 14.0 Å². The lowest BCUT2D eigenvalue weighted by molar-refractivity contribution is -0.147. The molecular formula is C41H62BBr2NO6. The molecule has 0 spiro atoms. The molecule has 1 saturated heterocycles. The van der Waals surface area contributed by atoms with Crippen molar-refractivity contribution in [2.24, 2.45) is 11.8 Å². The molecule has 3 unspecified atom stereocenters. The lowest BCUT2D eigenvalue weighted by Gasteiger charge is -2.27. The molecule has 1 aliphatic carbocycles. The van der Waals surface area contributed by atoms with Crippen molar-refractivity contribution in [1.29, 1.82) is 0 Å². The zero-order valence-electron chi connectivity index (χ0n) is 31.2. The van der Waals surface area contributed by atoms with Crippen molar-refractivity contribution in [1.82, 2.24) is 4.90 Å². The van der Waals surface area contributed by atoms with Crippen molar-refractivity contribution in [3.8, 4) is 0 Å². The van der Waals surface area contributed by atoms with Crippen LogP contribution in [-0.4, -0.2) is 65.3 Å². The van der Waals surface area contributed by atoms with Crippen LogP contribution in [-0.2, 0) is 34.9 Å². The van der Waals surface area contributed by atoms with Gasteiger partial charge in [0.2, 0.25) is 11.8 Å². The molecule has 284 valence electrons. The van der Waals surface area contributed by atoms with Gasteiger partial charge in [-0.05, 0) is 95.0 Å². The zero-order valence-corrected chi connectivity index (χ0v) is 34.3. The number of allylic oxidation sites excluding steroid dienone is 2. The van der Waals surface area contributed by atoms with E-state index in [1.54, 1.807) is 0 Å². The number of carbonyl (C=O) groups excluding carboxylic acids is 3. The molecule has 1 aromatic carbocycles. The van der Waals surface area contributed by atoms with Gasteiger partial charge in [-0.15, -0.1) is 0 Å². The third kappa shape index (κ3) is 16.4. The second-order valence-electron chi connectivity index (χ2n) is 14.0. The first-order valence-electron chi connectivity index (χ1n) is 19.7. The van der Waals surface area contributed by atoms with Gasteiger partial charge in [-0.1, -0.05) is 113 Å². The lowest BCUT2D eigenvalue weighted by atomic mass is 9.80. The largest absolute Gasteiger partial charge is 0.458 e. The average Bonchev–Trinajstić information content (AvgIpc) is 3.38. The smallest absolute Gasteiger partial charge is 0.457 e. The molecule has 51 heavy (non-hydrogen) atoms. The van der Waals surface area contributed by atoms with Crippen molar-refractivity contribution in [2.75, 3.05) is 17.2 Å². The summed E-state index contributed by atoms with van der Waals surface area (Å²) in [5.74, 6) is 0.148. The highest BCUT2D eigenvalue weighted by Gasteiger charge is 2.49. The van der Waals surface area contributed by atoms with Crippen molar-refractivity contribution in [3.63, 3.8) is 0 Å². The van der Waals surface area contributed by atoms with E-state index in [2.05, 4.69) is 75.2 Å². The zero-order chi connectivity index (χ0) is 36.7. The maximum absolute atomic E-state index is 12.9. The molecule has 3 rings (SSSR count). The fraction of sp³-hybridized carbons (Fsp3) is 0.683. The summed E-state index contributed by atoms with van der Waals surface area (Å²) >= 11 is 6.90. The predicted molar refractivity (Wildman–Crippen MR) is 215 cm³/mol. The number of esters is 1. The van der Waals surface area contributed by atoms with Gasteiger partial charge < -0.3 is 14.0 Å². The number of amides is 2. The number of unbranched alkanes of at least 4 members (excludes halogenated alkanes) is 6. The number of benzene rings is 1. The Morgan fingerprint density at radius 3 is 2.25 bits per heavy atom. The van der Waals surface area contributed by atoms with Gasteiger partial charge in [-0.2, -0.15) is 0 Å². The van der Waals surface area contributed by atoms with Crippen LogP contribution in [0.4, 0.5) is 0 Å². The van der Waals surface area contributed by atoms with E-state index in [1.165, 1.54) is 10.5 Å². The summed E-state index contributed by atoms with van der Waals surface area (Å²) < 4.78 is 19.1. The highest BCUT2D eigenvalue weighted by molar-refractivity contribution is 9.09. The Hall–Kier alpha value is -1.75. The van der Waals surface area contributed by atoms with Gasteiger partial charge in [0.25, 0.3) is 0 Å². The van der Waals surface area contributed by atoms with E-state index in [9.17, 15) is 14.4 Å². The number of rotatable bonds is 26. The summed E-state index contributed by atoms with van der Waals surface area (Å²) in [6, 6.07) is 10.4. The lowest BCUT2D eigenvalue weighted by Crippen LogP contribution is -2.37. The second-order valence-corrected chi connectivity index (χ2v) is 15.6. The Bertz CT molecular complexity index is 1200. The van der Waals surface area contributed by atoms with Crippen LogP contribution in [0.25, 0.3) is 0 Å². The van der Waals surface area contributed by atoms with E-state index in [1.807, 2.05) is 25.1 Å². The number of aryl methyl sites for hydroxylation is 1. The van der Waals surface area contributed by atoms with Crippen LogP contribution < -0.4 is 0 Å². The van der Waals surface area contributed by atoms with Gasteiger partial charge in [0.15, 0.2) is 0 Å². The van der Waals surface area contributed by atoms with Gasteiger partial charge >= 0.3 is 13.1 Å². The van der Waals surface area contributed by atoms with Crippen molar-refractivity contribution < 1.29 is 28.4 Å². The van der Waals surface area contributed by atoms with Crippen LogP contribution >= 0.6 is 31.9 Å². The number of fused-ring (bicyclic) bond motifs is 2. The Morgan fingerprint density at radius 2 is 1.57 bits per heavy atom. The first kappa shape index (κ1) is 43.7. The SMILES string of the molecule is CCCCB1OC2CC(O1)[C@H](CC=CCCCC(=O)N(CC)C(=O)CCCCCBr)[C@H]2C=CC(CCc1ccccc1)OC(=O)CCCCCBr. The van der Waals surface area contributed by atoms with Gasteiger partial charge in [-0.3, -0.25) is 19.3 Å². The predicted octanol–water partition coefficient (Wildman–Crippen LogP) is 10.2. The molecule has 2 fully saturated rings. The average molecular weight is 836 g/mol.